The molecule has 4 N–H and O–H groups in total. The average molecular weight is 657 g/mol. The van der Waals surface area contributed by atoms with Crippen LogP contribution < -0.4 is 16.4 Å². The van der Waals surface area contributed by atoms with Crippen molar-refractivity contribution in [2.75, 3.05) is 23.7 Å². The van der Waals surface area contributed by atoms with Gasteiger partial charge in [-0.25, -0.2) is 13.4 Å². The lowest BCUT2D eigenvalue weighted by Gasteiger charge is -2.32. The first-order valence-electron chi connectivity index (χ1n) is 14.6. The van der Waals surface area contributed by atoms with Crippen LogP contribution in [0.2, 0.25) is 0 Å². The SMILES string of the molecule is Cl.Cl.NC1CCC(Nc2nc(NC3CCN(S(=O)(=O)c4ccccc4[N+](=O)[O-])CC3)c3ncn(C4CCCC4)c3n2)CC1. The quantitative estimate of drug-likeness (QED) is 0.229. The first-order chi connectivity index (χ1) is 19.8. The Hall–Kier alpha value is -2.78. The molecule has 2 saturated carbocycles. The number of nitrogens with zero attached hydrogens (tertiary/aromatic N) is 6. The molecule has 3 aliphatic rings. The molecule has 1 saturated heterocycles. The second-order valence-corrected chi connectivity index (χ2v) is 13.4. The van der Waals surface area contributed by atoms with E-state index >= 15 is 0 Å². The van der Waals surface area contributed by atoms with Gasteiger partial charge in [-0.15, -0.1) is 24.8 Å². The molecule has 16 heteroatoms. The van der Waals surface area contributed by atoms with Crippen molar-refractivity contribution in [1.29, 1.82) is 0 Å². The number of nitrogens with two attached hydrogens (primary N) is 1. The molecule has 0 radical (unpaired) electrons. The van der Waals surface area contributed by atoms with E-state index in [9.17, 15) is 18.5 Å². The minimum absolute atomic E-state index is 0. The number of nitro benzene ring substituents is 1. The number of nitrogens with one attached hydrogen (secondary N) is 2. The summed E-state index contributed by atoms with van der Waals surface area (Å²) in [5.74, 6) is 1.21. The molecular weight excluding hydrogens is 617 g/mol. The summed E-state index contributed by atoms with van der Waals surface area (Å²) in [4.78, 5) is 25.0. The van der Waals surface area contributed by atoms with Crippen LogP contribution in [0.5, 0.6) is 0 Å². The lowest BCUT2D eigenvalue weighted by molar-refractivity contribution is -0.387. The van der Waals surface area contributed by atoms with Crippen molar-refractivity contribution in [1.82, 2.24) is 23.8 Å². The number of aromatic nitrogens is 4. The Morgan fingerprint density at radius 1 is 0.907 bits per heavy atom. The van der Waals surface area contributed by atoms with Crippen LogP contribution >= 0.6 is 24.8 Å². The van der Waals surface area contributed by atoms with Gasteiger partial charge in [0.2, 0.25) is 16.0 Å². The van der Waals surface area contributed by atoms with Crippen molar-refractivity contribution in [2.45, 2.75) is 93.3 Å². The van der Waals surface area contributed by atoms with Gasteiger partial charge in [-0.3, -0.25) is 10.1 Å². The zero-order valence-electron chi connectivity index (χ0n) is 23.8. The molecule has 13 nitrogen and oxygen atoms in total. The van der Waals surface area contributed by atoms with Crippen molar-refractivity contribution < 1.29 is 13.3 Å². The number of benzene rings is 1. The Labute approximate surface area is 263 Å². The maximum Gasteiger partial charge on any atom is 0.289 e. The fraction of sp³-hybridized carbons (Fsp3) is 0.593. The summed E-state index contributed by atoms with van der Waals surface area (Å²) in [6.07, 6.45) is 11.4. The monoisotopic (exact) mass is 655 g/mol. The van der Waals surface area contributed by atoms with Crippen LogP contribution in [0, 0.1) is 10.1 Å². The van der Waals surface area contributed by atoms with Gasteiger partial charge in [0, 0.05) is 43.3 Å². The standard InChI is InChI=1S/C27H37N9O4S.2ClH/c28-18-9-11-19(12-10-18)31-27-32-25(24-26(33-27)35(17-29-24)21-5-1-2-6-21)30-20-13-15-34(16-14-20)41(39,40)23-8-4-3-7-22(23)36(37)38;;/h3-4,7-8,17-21H,1-2,5-6,9-16,28H2,(H2,30,31,32,33);2*1H. The van der Waals surface area contributed by atoms with Gasteiger partial charge >= 0.3 is 0 Å². The predicted octanol–water partition coefficient (Wildman–Crippen LogP) is 4.64. The number of hydrogen-bond donors (Lipinski definition) is 3. The third kappa shape index (κ3) is 6.98. The average Bonchev–Trinajstić information content (AvgIpc) is 3.65. The van der Waals surface area contributed by atoms with E-state index in [1.165, 1.54) is 41.4 Å². The van der Waals surface area contributed by atoms with Crippen LogP contribution in [-0.4, -0.2) is 68.4 Å². The molecule has 6 rings (SSSR count). The highest BCUT2D eigenvalue weighted by Gasteiger charge is 2.34. The zero-order valence-corrected chi connectivity index (χ0v) is 26.2. The van der Waals surface area contributed by atoms with Gasteiger partial charge in [0.25, 0.3) is 5.69 Å². The summed E-state index contributed by atoms with van der Waals surface area (Å²) in [5.41, 5.74) is 7.22. The van der Waals surface area contributed by atoms with Crippen molar-refractivity contribution in [3.8, 4) is 0 Å². The number of imidazole rings is 1. The van der Waals surface area contributed by atoms with E-state index in [0.717, 1.165) is 44.2 Å². The summed E-state index contributed by atoms with van der Waals surface area (Å²) in [6, 6.07) is 6.34. The number of halogens is 2. The van der Waals surface area contributed by atoms with Crippen LogP contribution in [0.25, 0.3) is 11.2 Å². The molecule has 3 fully saturated rings. The Kier molecular flexibility index (Phi) is 10.7. The maximum atomic E-state index is 13.3. The van der Waals surface area contributed by atoms with E-state index in [0.29, 0.717) is 36.2 Å². The van der Waals surface area contributed by atoms with Crippen LogP contribution in [-0.2, 0) is 10.0 Å². The molecule has 0 bridgehead atoms. The molecule has 0 amide bonds. The Morgan fingerprint density at radius 3 is 2.23 bits per heavy atom. The van der Waals surface area contributed by atoms with Crippen molar-refractivity contribution in [3.63, 3.8) is 0 Å². The summed E-state index contributed by atoms with van der Waals surface area (Å²) in [7, 11) is -4.00. The third-order valence-electron chi connectivity index (χ3n) is 8.72. The van der Waals surface area contributed by atoms with Gasteiger partial charge in [-0.1, -0.05) is 25.0 Å². The Morgan fingerprint density at radius 2 is 1.56 bits per heavy atom. The van der Waals surface area contributed by atoms with E-state index in [1.807, 2.05) is 6.33 Å². The highest BCUT2D eigenvalue weighted by molar-refractivity contribution is 7.89. The molecule has 43 heavy (non-hydrogen) atoms. The third-order valence-corrected chi connectivity index (χ3v) is 10.7. The fourth-order valence-electron chi connectivity index (χ4n) is 6.38. The van der Waals surface area contributed by atoms with Crippen LogP contribution in [0.3, 0.4) is 0 Å². The van der Waals surface area contributed by atoms with Gasteiger partial charge in [0.15, 0.2) is 21.9 Å². The maximum absolute atomic E-state index is 13.3. The van der Waals surface area contributed by atoms with Crippen LogP contribution in [0.15, 0.2) is 35.5 Å². The highest BCUT2D eigenvalue weighted by Crippen LogP contribution is 2.34. The second kappa shape index (κ2) is 13.9. The molecule has 0 unspecified atom stereocenters. The molecule has 1 aliphatic heterocycles. The number of fused-ring (bicyclic) bond motifs is 1. The zero-order chi connectivity index (χ0) is 28.6. The largest absolute Gasteiger partial charge is 0.365 e. The number of hydrogen-bond acceptors (Lipinski definition) is 10. The topological polar surface area (TPSA) is 174 Å². The summed E-state index contributed by atoms with van der Waals surface area (Å²) in [6.45, 7) is 0.481. The molecular formula is C27H39Cl2N9O4S. The number of anilines is 2. The second-order valence-electron chi connectivity index (χ2n) is 11.5. The predicted molar refractivity (Wildman–Crippen MR) is 170 cm³/mol. The van der Waals surface area contributed by atoms with E-state index in [2.05, 4.69) is 15.2 Å². The number of piperidine rings is 1. The lowest BCUT2D eigenvalue weighted by Crippen LogP contribution is -2.42. The first-order valence-corrected chi connectivity index (χ1v) is 16.0. The summed E-state index contributed by atoms with van der Waals surface area (Å²) in [5, 5.41) is 18.5. The van der Waals surface area contributed by atoms with Gasteiger partial charge in [-0.2, -0.15) is 14.3 Å². The molecule has 3 aromatic rings. The first kappa shape index (κ1) is 33.1. The van der Waals surface area contributed by atoms with E-state index < -0.39 is 20.6 Å². The van der Waals surface area contributed by atoms with E-state index in [-0.39, 0.29) is 60.9 Å². The minimum Gasteiger partial charge on any atom is -0.365 e. The molecule has 3 heterocycles. The van der Waals surface area contributed by atoms with Gasteiger partial charge in [0.05, 0.1) is 11.3 Å². The lowest BCUT2D eigenvalue weighted by atomic mass is 9.92. The van der Waals surface area contributed by atoms with Crippen molar-refractivity contribution in [3.05, 3.63) is 40.7 Å². The molecule has 2 aliphatic carbocycles. The summed E-state index contributed by atoms with van der Waals surface area (Å²) < 4.78 is 30.1. The summed E-state index contributed by atoms with van der Waals surface area (Å²) >= 11 is 0. The minimum atomic E-state index is -4.00. The van der Waals surface area contributed by atoms with Gasteiger partial charge < -0.3 is 20.9 Å². The fourth-order valence-corrected chi connectivity index (χ4v) is 8.00. The molecule has 2 aromatic heterocycles. The number of rotatable bonds is 8. The normalized spacial score (nSPS) is 22.1. The van der Waals surface area contributed by atoms with Gasteiger partial charge in [0.1, 0.15) is 0 Å². The Bertz CT molecular complexity index is 1520. The van der Waals surface area contributed by atoms with Crippen LogP contribution in [0.1, 0.15) is 70.3 Å². The van der Waals surface area contributed by atoms with Crippen LogP contribution in [0.4, 0.5) is 17.5 Å². The molecule has 0 atom stereocenters. The molecule has 0 spiro atoms. The van der Waals surface area contributed by atoms with Crippen molar-refractivity contribution >= 4 is 63.5 Å². The highest BCUT2D eigenvalue weighted by atomic mass is 35.5. The number of para-hydroxylation sites is 1. The Balaban J connectivity index is 0.00000212. The van der Waals surface area contributed by atoms with Gasteiger partial charge in [-0.05, 0) is 57.4 Å². The number of nitro groups is 1. The molecule has 236 valence electrons. The molecule has 1 aromatic carbocycles. The van der Waals surface area contributed by atoms with E-state index in [1.54, 1.807) is 0 Å². The van der Waals surface area contributed by atoms with Crippen molar-refractivity contribution in [2.24, 2.45) is 5.73 Å². The number of sulfonamides is 1. The smallest absolute Gasteiger partial charge is 0.289 e. The van der Waals surface area contributed by atoms with E-state index in [4.69, 9.17) is 20.7 Å².